The number of rotatable bonds is 2. The first-order valence-electron chi connectivity index (χ1n) is 5.53. The summed E-state index contributed by atoms with van der Waals surface area (Å²) in [6, 6.07) is 5.40. The van der Waals surface area contributed by atoms with Gasteiger partial charge in [0, 0.05) is 5.54 Å². The van der Waals surface area contributed by atoms with Crippen molar-refractivity contribution < 1.29 is 4.39 Å². The molecule has 0 bridgehead atoms. The van der Waals surface area contributed by atoms with Gasteiger partial charge in [0.25, 0.3) is 0 Å². The van der Waals surface area contributed by atoms with Crippen LogP contribution in [0.2, 0.25) is 0 Å². The van der Waals surface area contributed by atoms with Crippen molar-refractivity contribution in [3.63, 3.8) is 0 Å². The molecule has 0 saturated carbocycles. The number of hydrogen-bond donors (Lipinski definition) is 1. The van der Waals surface area contributed by atoms with Crippen LogP contribution >= 0.6 is 0 Å². The molecule has 1 aromatic rings. The second-order valence-corrected chi connectivity index (χ2v) is 5.24. The van der Waals surface area contributed by atoms with Gasteiger partial charge < -0.3 is 5.73 Å². The molecule has 2 rings (SSSR count). The lowest BCUT2D eigenvalue weighted by atomic mass is 9.88. The van der Waals surface area contributed by atoms with Gasteiger partial charge in [-0.2, -0.15) is 0 Å². The molecule has 1 unspecified atom stereocenters. The molecule has 1 aromatic carbocycles. The zero-order valence-corrected chi connectivity index (χ0v) is 9.39. The van der Waals surface area contributed by atoms with Crippen molar-refractivity contribution in [2.24, 2.45) is 5.73 Å². The van der Waals surface area contributed by atoms with Gasteiger partial charge in [0.05, 0.1) is 0 Å². The summed E-state index contributed by atoms with van der Waals surface area (Å²) in [7, 11) is 0. The van der Waals surface area contributed by atoms with E-state index >= 15 is 0 Å². The van der Waals surface area contributed by atoms with Crippen LogP contribution in [0.15, 0.2) is 18.2 Å². The smallest absolute Gasteiger partial charge is 0.126 e. The number of hydrogen-bond acceptors (Lipinski definition) is 1. The molecule has 82 valence electrons. The van der Waals surface area contributed by atoms with Crippen LogP contribution in [0.5, 0.6) is 0 Å². The minimum absolute atomic E-state index is 0.0511. The third kappa shape index (κ3) is 2.20. The molecule has 2 N–H and O–H groups in total. The summed E-state index contributed by atoms with van der Waals surface area (Å²) in [5.41, 5.74) is 7.93. The van der Waals surface area contributed by atoms with E-state index in [1.54, 1.807) is 12.1 Å². The van der Waals surface area contributed by atoms with Crippen LogP contribution < -0.4 is 5.73 Å². The lowest BCUT2D eigenvalue weighted by Crippen LogP contribution is -2.33. The molecule has 1 aliphatic carbocycles. The Bertz CT molecular complexity index is 365. The first-order valence-corrected chi connectivity index (χ1v) is 5.53. The second kappa shape index (κ2) is 3.60. The maximum absolute atomic E-state index is 13.5. The number of halogens is 1. The molecule has 0 spiro atoms. The van der Waals surface area contributed by atoms with E-state index < -0.39 is 0 Å². The summed E-state index contributed by atoms with van der Waals surface area (Å²) in [6.45, 7) is 4.06. The van der Waals surface area contributed by atoms with Crippen LogP contribution in [0, 0.1) is 5.82 Å². The quantitative estimate of drug-likeness (QED) is 0.792. The lowest BCUT2D eigenvalue weighted by Gasteiger charge is -2.23. The summed E-state index contributed by atoms with van der Waals surface area (Å²) < 4.78 is 13.5. The van der Waals surface area contributed by atoms with Gasteiger partial charge in [0.1, 0.15) is 5.82 Å². The first-order chi connectivity index (χ1) is 6.97. The molecule has 0 aliphatic heterocycles. The fourth-order valence-electron chi connectivity index (χ4n) is 2.54. The average molecular weight is 207 g/mol. The lowest BCUT2D eigenvalue weighted by molar-refractivity contribution is 0.422. The highest BCUT2D eigenvalue weighted by atomic mass is 19.1. The predicted octanol–water partition coefficient (Wildman–Crippen LogP) is 2.98. The fraction of sp³-hybridized carbons (Fsp3) is 0.538. The normalized spacial score (nSPS) is 20.4. The molecule has 1 aliphatic rings. The molecular weight excluding hydrogens is 189 g/mol. The average Bonchev–Trinajstić information content (AvgIpc) is 2.48. The molecule has 0 aromatic heterocycles. The van der Waals surface area contributed by atoms with Crippen LogP contribution in [0.3, 0.4) is 0 Å². The summed E-state index contributed by atoms with van der Waals surface area (Å²) in [5, 5.41) is 0. The molecule has 2 heteroatoms. The van der Waals surface area contributed by atoms with Crippen LogP contribution in [-0.4, -0.2) is 5.54 Å². The zero-order valence-electron chi connectivity index (χ0n) is 9.39. The number of benzene rings is 1. The number of fused-ring (bicyclic) bond motifs is 1. The highest BCUT2D eigenvalue weighted by molar-refractivity contribution is 5.36. The predicted molar refractivity (Wildman–Crippen MR) is 60.3 cm³/mol. The summed E-state index contributed by atoms with van der Waals surface area (Å²) in [5.74, 6) is 0.389. The highest BCUT2D eigenvalue weighted by Gasteiger charge is 2.28. The topological polar surface area (TPSA) is 26.0 Å². The van der Waals surface area contributed by atoms with E-state index in [1.165, 1.54) is 5.56 Å². The van der Waals surface area contributed by atoms with Crippen LogP contribution in [-0.2, 0) is 6.42 Å². The number of nitrogens with two attached hydrogens (primary N) is 1. The Hall–Kier alpha value is -0.890. The molecule has 0 amide bonds. The second-order valence-electron chi connectivity index (χ2n) is 5.24. The summed E-state index contributed by atoms with van der Waals surface area (Å²) in [4.78, 5) is 0. The van der Waals surface area contributed by atoms with E-state index in [0.29, 0.717) is 5.92 Å². The molecule has 0 saturated heterocycles. The maximum Gasteiger partial charge on any atom is 0.126 e. The largest absolute Gasteiger partial charge is 0.326 e. The van der Waals surface area contributed by atoms with Gasteiger partial charge in [-0.25, -0.2) is 4.39 Å². The van der Waals surface area contributed by atoms with Crippen molar-refractivity contribution in [2.75, 3.05) is 0 Å². The minimum atomic E-state index is -0.168. The minimum Gasteiger partial charge on any atom is -0.326 e. The monoisotopic (exact) mass is 207 g/mol. The van der Waals surface area contributed by atoms with Crippen LogP contribution in [0.1, 0.15) is 43.7 Å². The van der Waals surface area contributed by atoms with Gasteiger partial charge in [-0.1, -0.05) is 12.1 Å². The van der Waals surface area contributed by atoms with Gasteiger partial charge in [0.2, 0.25) is 0 Å². The molecule has 15 heavy (non-hydrogen) atoms. The van der Waals surface area contributed by atoms with E-state index in [1.807, 2.05) is 19.9 Å². The van der Waals surface area contributed by atoms with Gasteiger partial charge in [-0.3, -0.25) is 0 Å². The van der Waals surface area contributed by atoms with Crippen molar-refractivity contribution >= 4 is 0 Å². The SMILES string of the molecule is CC(C)(N)CC1CCc2c(F)cccc21. The Morgan fingerprint density at radius 2 is 2.20 bits per heavy atom. The van der Waals surface area contributed by atoms with Crippen molar-refractivity contribution in [3.05, 3.63) is 35.1 Å². The fourth-order valence-corrected chi connectivity index (χ4v) is 2.54. The zero-order chi connectivity index (χ0) is 11.1. The molecule has 1 atom stereocenters. The standard InChI is InChI=1S/C13H18FN/c1-13(2,15)8-9-6-7-11-10(9)4-3-5-12(11)14/h3-5,9H,6-8,15H2,1-2H3. The Balaban J connectivity index is 2.26. The van der Waals surface area contributed by atoms with Crippen LogP contribution in [0.4, 0.5) is 4.39 Å². The van der Waals surface area contributed by atoms with E-state index in [9.17, 15) is 4.39 Å². The summed E-state index contributed by atoms with van der Waals surface area (Å²) in [6.07, 6.45) is 2.84. The Labute approximate surface area is 90.5 Å². The third-order valence-electron chi connectivity index (χ3n) is 3.11. The molecule has 1 nitrogen and oxygen atoms in total. The van der Waals surface area contributed by atoms with Crippen molar-refractivity contribution in [1.29, 1.82) is 0 Å². The van der Waals surface area contributed by atoms with Crippen molar-refractivity contribution in [3.8, 4) is 0 Å². The molecule has 0 radical (unpaired) electrons. The van der Waals surface area contributed by atoms with Crippen molar-refractivity contribution in [1.82, 2.24) is 0 Å². The maximum atomic E-state index is 13.5. The molecule has 0 fully saturated rings. The molecular formula is C13H18FN. The van der Waals surface area contributed by atoms with Gasteiger partial charge in [-0.05, 0) is 56.2 Å². The third-order valence-corrected chi connectivity index (χ3v) is 3.11. The van der Waals surface area contributed by atoms with E-state index in [2.05, 4.69) is 0 Å². The van der Waals surface area contributed by atoms with Crippen molar-refractivity contribution in [2.45, 2.75) is 44.6 Å². The van der Waals surface area contributed by atoms with E-state index in [4.69, 9.17) is 5.73 Å². The summed E-state index contributed by atoms with van der Waals surface area (Å²) >= 11 is 0. The van der Waals surface area contributed by atoms with Crippen LogP contribution in [0.25, 0.3) is 0 Å². The highest BCUT2D eigenvalue weighted by Crippen LogP contribution is 2.38. The Morgan fingerprint density at radius 3 is 2.87 bits per heavy atom. The Morgan fingerprint density at radius 1 is 1.47 bits per heavy atom. The van der Waals surface area contributed by atoms with E-state index in [0.717, 1.165) is 24.8 Å². The van der Waals surface area contributed by atoms with Gasteiger partial charge in [-0.15, -0.1) is 0 Å². The van der Waals surface area contributed by atoms with Gasteiger partial charge in [0.15, 0.2) is 0 Å². The molecule has 0 heterocycles. The first kappa shape index (κ1) is 10.6. The van der Waals surface area contributed by atoms with Gasteiger partial charge >= 0.3 is 0 Å². The Kier molecular flexibility index (Phi) is 2.55. The van der Waals surface area contributed by atoms with E-state index in [-0.39, 0.29) is 11.4 Å².